The minimum absolute atomic E-state index is 0.267. The second-order valence-electron chi connectivity index (χ2n) is 6.93. The Morgan fingerprint density at radius 2 is 2.13 bits per heavy atom. The number of fused-ring (bicyclic) bond motifs is 5. The van der Waals surface area contributed by atoms with E-state index in [4.69, 9.17) is 26.1 Å². The molecule has 2 atom stereocenters. The lowest BCUT2D eigenvalue weighted by Gasteiger charge is -2.30. The third-order valence-electron chi connectivity index (χ3n) is 5.04. The first-order valence-corrected chi connectivity index (χ1v) is 8.37. The van der Waals surface area contributed by atoms with Crippen LogP contribution < -0.4 is 4.90 Å². The van der Waals surface area contributed by atoms with Crippen LogP contribution in [0, 0.1) is 0 Å². The highest BCUT2D eigenvalue weighted by Crippen LogP contribution is 2.38. The van der Waals surface area contributed by atoms with Crippen molar-refractivity contribution in [2.24, 2.45) is 0 Å². The zero-order valence-corrected chi connectivity index (χ0v) is 13.9. The molecule has 3 aliphatic heterocycles. The van der Waals surface area contributed by atoms with Gasteiger partial charge >= 0.3 is 0 Å². The van der Waals surface area contributed by atoms with E-state index in [1.165, 1.54) is 0 Å². The molecule has 122 valence electrons. The van der Waals surface area contributed by atoms with E-state index in [0.717, 1.165) is 48.9 Å². The minimum Gasteiger partial charge on any atom is -0.374 e. The smallest absolute Gasteiger partial charge is 0.226 e. The first-order chi connectivity index (χ1) is 11.0. The number of nitrogens with zero attached hydrogens (tertiary/aromatic N) is 5. The van der Waals surface area contributed by atoms with Crippen molar-refractivity contribution in [1.29, 1.82) is 0 Å². The van der Waals surface area contributed by atoms with Gasteiger partial charge in [-0.05, 0) is 31.9 Å². The lowest BCUT2D eigenvalue weighted by Crippen LogP contribution is -2.37. The number of morpholine rings is 1. The number of rotatable bonds is 1. The van der Waals surface area contributed by atoms with E-state index >= 15 is 0 Å². The molecular weight excluding hydrogens is 318 g/mol. The molecule has 2 unspecified atom stereocenters. The molecule has 8 heteroatoms. The van der Waals surface area contributed by atoms with Crippen molar-refractivity contribution in [2.45, 2.75) is 44.6 Å². The molecule has 0 radical (unpaired) electrons. The predicted octanol–water partition coefficient (Wildman–Crippen LogP) is 1.72. The molecule has 0 aliphatic carbocycles. The molecule has 0 spiro atoms. The van der Waals surface area contributed by atoms with Gasteiger partial charge in [0.2, 0.25) is 5.28 Å². The van der Waals surface area contributed by atoms with Crippen molar-refractivity contribution in [3.63, 3.8) is 0 Å². The van der Waals surface area contributed by atoms with Gasteiger partial charge in [-0.3, -0.25) is 0 Å². The van der Waals surface area contributed by atoms with Gasteiger partial charge in [-0.2, -0.15) is 9.97 Å². The van der Waals surface area contributed by atoms with Gasteiger partial charge < -0.3 is 18.9 Å². The van der Waals surface area contributed by atoms with E-state index in [0.29, 0.717) is 18.8 Å². The molecule has 0 saturated carbocycles. The summed E-state index contributed by atoms with van der Waals surface area (Å²) in [5.74, 6) is 1.71. The maximum atomic E-state index is 6.22. The summed E-state index contributed by atoms with van der Waals surface area (Å²) in [5, 5.41) is 0.267. The van der Waals surface area contributed by atoms with Crippen LogP contribution in [0.25, 0.3) is 11.2 Å². The summed E-state index contributed by atoms with van der Waals surface area (Å²) >= 11 is 6.22. The number of hydrogen-bond acceptors (Lipinski definition) is 6. The van der Waals surface area contributed by atoms with E-state index in [1.54, 1.807) is 0 Å². The van der Waals surface area contributed by atoms with Crippen molar-refractivity contribution >= 4 is 28.6 Å². The average molecular weight is 336 g/mol. The fraction of sp³-hybridized carbons (Fsp3) is 0.667. The zero-order chi connectivity index (χ0) is 15.8. The van der Waals surface area contributed by atoms with Crippen LogP contribution in [0.2, 0.25) is 5.28 Å². The Hall–Kier alpha value is -1.44. The first-order valence-electron chi connectivity index (χ1n) is 7.99. The lowest BCUT2D eigenvalue weighted by atomic mass is 10.1. The van der Waals surface area contributed by atoms with Crippen molar-refractivity contribution < 1.29 is 9.47 Å². The maximum Gasteiger partial charge on any atom is 0.226 e. The molecule has 0 aromatic carbocycles. The summed E-state index contributed by atoms with van der Waals surface area (Å²) in [4.78, 5) is 16.1. The lowest BCUT2D eigenvalue weighted by molar-refractivity contribution is -0.0530. The van der Waals surface area contributed by atoms with Gasteiger partial charge in [0.1, 0.15) is 11.4 Å². The van der Waals surface area contributed by atoms with Gasteiger partial charge in [0.15, 0.2) is 17.0 Å². The predicted molar refractivity (Wildman–Crippen MR) is 84.8 cm³/mol. The van der Waals surface area contributed by atoms with Crippen molar-refractivity contribution in [2.75, 3.05) is 24.7 Å². The van der Waals surface area contributed by atoms with Crippen molar-refractivity contribution in [1.82, 2.24) is 19.5 Å². The molecule has 0 amide bonds. The standard InChI is InChI=1S/C15H18ClN5O2/c1-15(2)13-17-10-11(20(13)3-4-23-15)18-14(16)19-12(10)21-6-9-5-8(21)7-22-9/h8-9H,3-7H2,1-2H3. The Bertz CT molecular complexity index is 805. The number of imidazole rings is 1. The molecule has 2 saturated heterocycles. The van der Waals surface area contributed by atoms with Gasteiger partial charge in [-0.1, -0.05) is 0 Å². The summed E-state index contributed by atoms with van der Waals surface area (Å²) in [5.41, 5.74) is 1.18. The topological polar surface area (TPSA) is 65.3 Å². The van der Waals surface area contributed by atoms with Crippen LogP contribution in [0.3, 0.4) is 0 Å². The molecule has 7 nitrogen and oxygen atoms in total. The normalized spacial score (nSPS) is 28.6. The minimum atomic E-state index is -0.435. The van der Waals surface area contributed by atoms with Crippen LogP contribution in [0.4, 0.5) is 5.82 Å². The summed E-state index contributed by atoms with van der Waals surface area (Å²) in [6, 6.07) is 0.358. The number of anilines is 1. The third-order valence-corrected chi connectivity index (χ3v) is 5.21. The van der Waals surface area contributed by atoms with E-state index < -0.39 is 5.60 Å². The second kappa shape index (κ2) is 4.55. The fourth-order valence-corrected chi connectivity index (χ4v) is 4.11. The van der Waals surface area contributed by atoms with Gasteiger partial charge in [-0.25, -0.2) is 4.98 Å². The molecule has 23 heavy (non-hydrogen) atoms. The highest BCUT2D eigenvalue weighted by molar-refractivity contribution is 6.28. The van der Waals surface area contributed by atoms with Crippen LogP contribution in [-0.2, 0) is 21.6 Å². The van der Waals surface area contributed by atoms with Gasteiger partial charge in [0.25, 0.3) is 0 Å². The highest BCUT2D eigenvalue weighted by Gasteiger charge is 2.42. The molecule has 2 bridgehead atoms. The van der Waals surface area contributed by atoms with Crippen molar-refractivity contribution in [3.05, 3.63) is 11.1 Å². The monoisotopic (exact) mass is 335 g/mol. The molecule has 2 aromatic heterocycles. The summed E-state index contributed by atoms with van der Waals surface area (Å²) in [7, 11) is 0. The quantitative estimate of drug-likeness (QED) is 0.739. The molecule has 3 aliphatic rings. The SMILES string of the molecule is CC1(C)OCCn2c1nc1c(N3CC4CC3CO4)nc(Cl)nc12. The highest BCUT2D eigenvalue weighted by atomic mass is 35.5. The van der Waals surface area contributed by atoms with Gasteiger partial charge in [-0.15, -0.1) is 0 Å². The Kier molecular flexibility index (Phi) is 2.76. The summed E-state index contributed by atoms with van der Waals surface area (Å²) < 4.78 is 13.7. The second-order valence-corrected chi connectivity index (χ2v) is 7.27. The van der Waals surface area contributed by atoms with Crippen LogP contribution in [0.5, 0.6) is 0 Å². The molecule has 2 aromatic rings. The van der Waals surface area contributed by atoms with Crippen LogP contribution >= 0.6 is 11.6 Å². The van der Waals surface area contributed by atoms with Crippen LogP contribution in [-0.4, -0.2) is 51.4 Å². The average Bonchev–Trinajstić information content (AvgIpc) is 3.20. The zero-order valence-electron chi connectivity index (χ0n) is 13.1. The number of aromatic nitrogens is 4. The Balaban J connectivity index is 1.73. The third kappa shape index (κ3) is 1.93. The number of ether oxygens (including phenoxy) is 2. The Morgan fingerprint density at radius 3 is 2.87 bits per heavy atom. The summed E-state index contributed by atoms with van der Waals surface area (Å²) in [6.07, 6.45) is 1.34. The van der Waals surface area contributed by atoms with E-state index in [2.05, 4.69) is 19.4 Å². The fourth-order valence-electron chi connectivity index (χ4n) is 3.95. The number of hydrogen-bond donors (Lipinski definition) is 0. The molecule has 0 N–H and O–H groups in total. The van der Waals surface area contributed by atoms with E-state index in [1.807, 2.05) is 13.8 Å². The molecule has 5 heterocycles. The summed E-state index contributed by atoms with van der Waals surface area (Å²) in [6.45, 7) is 7.03. The van der Waals surface area contributed by atoms with Crippen LogP contribution in [0.15, 0.2) is 0 Å². The van der Waals surface area contributed by atoms with Crippen molar-refractivity contribution in [3.8, 4) is 0 Å². The first kappa shape index (κ1) is 13.9. The molecular formula is C15H18ClN5O2. The van der Waals surface area contributed by atoms with Crippen LogP contribution in [0.1, 0.15) is 26.1 Å². The Labute approximate surface area is 138 Å². The van der Waals surface area contributed by atoms with E-state index in [9.17, 15) is 0 Å². The van der Waals surface area contributed by atoms with Gasteiger partial charge in [0, 0.05) is 13.1 Å². The maximum absolute atomic E-state index is 6.22. The molecule has 2 fully saturated rings. The number of halogens is 1. The van der Waals surface area contributed by atoms with Gasteiger partial charge in [0.05, 0.1) is 25.4 Å². The largest absolute Gasteiger partial charge is 0.374 e. The Morgan fingerprint density at radius 1 is 1.26 bits per heavy atom. The van der Waals surface area contributed by atoms with E-state index in [-0.39, 0.29) is 5.28 Å². The molecule has 5 rings (SSSR count).